The van der Waals surface area contributed by atoms with Crippen molar-refractivity contribution in [3.05, 3.63) is 41.2 Å². The Kier molecular flexibility index (Phi) is 1.85. The predicted molar refractivity (Wildman–Crippen MR) is 62.9 cm³/mol. The van der Waals surface area contributed by atoms with Crippen LogP contribution in [0.5, 0.6) is 0 Å². The molecule has 1 nitrogen and oxygen atoms in total. The molecule has 2 heterocycles. The van der Waals surface area contributed by atoms with E-state index in [1.54, 1.807) is 22.7 Å². The van der Waals surface area contributed by atoms with E-state index in [9.17, 15) is 0 Å². The Bertz CT molecular complexity index is 551. The van der Waals surface area contributed by atoms with Crippen LogP contribution >= 0.6 is 22.7 Å². The summed E-state index contributed by atoms with van der Waals surface area (Å²) in [6.45, 7) is 0. The molecule has 0 bridgehead atoms. The molecular weight excluding hydrogens is 210 g/mol. The molecule has 1 aromatic carbocycles. The predicted octanol–water partition coefficient (Wildman–Crippen LogP) is 4.02. The molecule has 0 unspecified atom stereocenters. The summed E-state index contributed by atoms with van der Waals surface area (Å²) < 4.78 is 1.34. The maximum atomic E-state index is 4.34. The lowest BCUT2D eigenvalue weighted by Crippen LogP contribution is -1.74. The third-order valence-corrected chi connectivity index (χ3v) is 3.91. The number of nitrogens with zero attached hydrogens (tertiary/aromatic N) is 1. The molecule has 0 amide bonds. The SMILES string of the molecule is c1cc(-c2nccs2)c2sccc2c1. The van der Waals surface area contributed by atoms with Crippen molar-refractivity contribution in [3.8, 4) is 10.6 Å². The van der Waals surface area contributed by atoms with Gasteiger partial charge in [0.25, 0.3) is 0 Å². The molecule has 68 valence electrons. The van der Waals surface area contributed by atoms with E-state index < -0.39 is 0 Å². The largest absolute Gasteiger partial charge is 0.244 e. The van der Waals surface area contributed by atoms with Gasteiger partial charge in [-0.05, 0) is 16.8 Å². The minimum atomic E-state index is 1.11. The molecule has 0 saturated carbocycles. The lowest BCUT2D eigenvalue weighted by Gasteiger charge is -1.97. The van der Waals surface area contributed by atoms with Crippen molar-refractivity contribution >= 4 is 32.8 Å². The Hall–Kier alpha value is -1.19. The average molecular weight is 217 g/mol. The molecule has 0 aliphatic carbocycles. The van der Waals surface area contributed by atoms with Gasteiger partial charge in [-0.1, -0.05) is 18.2 Å². The lowest BCUT2D eigenvalue weighted by molar-refractivity contribution is 1.42. The molecule has 3 rings (SSSR count). The molecule has 0 spiro atoms. The van der Waals surface area contributed by atoms with Crippen LogP contribution in [0.3, 0.4) is 0 Å². The Balaban J connectivity index is 2.36. The van der Waals surface area contributed by atoms with Gasteiger partial charge in [0.15, 0.2) is 0 Å². The fraction of sp³-hybridized carbons (Fsp3) is 0. The number of fused-ring (bicyclic) bond motifs is 1. The maximum Gasteiger partial charge on any atom is 0.124 e. The third kappa shape index (κ3) is 1.17. The van der Waals surface area contributed by atoms with Gasteiger partial charge in [-0.2, -0.15) is 0 Å². The first-order chi connectivity index (χ1) is 6.95. The molecule has 0 N–H and O–H groups in total. The molecule has 3 aromatic rings. The second-order valence-corrected chi connectivity index (χ2v) is 4.79. The molecule has 0 radical (unpaired) electrons. The van der Waals surface area contributed by atoms with Gasteiger partial charge in [0.1, 0.15) is 5.01 Å². The van der Waals surface area contributed by atoms with Gasteiger partial charge in [-0.25, -0.2) is 4.98 Å². The molecule has 14 heavy (non-hydrogen) atoms. The first kappa shape index (κ1) is 8.15. The molecule has 0 aliphatic rings. The van der Waals surface area contributed by atoms with Crippen LogP contribution in [0.15, 0.2) is 41.2 Å². The number of aromatic nitrogens is 1. The highest BCUT2D eigenvalue weighted by Crippen LogP contribution is 2.33. The van der Waals surface area contributed by atoms with Gasteiger partial charge in [0, 0.05) is 21.8 Å². The van der Waals surface area contributed by atoms with Gasteiger partial charge in [0.2, 0.25) is 0 Å². The van der Waals surface area contributed by atoms with Gasteiger partial charge >= 0.3 is 0 Å². The lowest BCUT2D eigenvalue weighted by atomic mass is 10.2. The summed E-state index contributed by atoms with van der Waals surface area (Å²) in [6, 6.07) is 8.52. The van der Waals surface area contributed by atoms with Crippen molar-refractivity contribution in [3.63, 3.8) is 0 Å². The number of hydrogen-bond donors (Lipinski definition) is 0. The van der Waals surface area contributed by atoms with Crippen molar-refractivity contribution < 1.29 is 0 Å². The zero-order chi connectivity index (χ0) is 9.38. The van der Waals surface area contributed by atoms with E-state index in [4.69, 9.17) is 0 Å². The Morgan fingerprint density at radius 3 is 2.86 bits per heavy atom. The van der Waals surface area contributed by atoms with E-state index >= 15 is 0 Å². The summed E-state index contributed by atoms with van der Waals surface area (Å²) in [5, 5.41) is 6.56. The fourth-order valence-electron chi connectivity index (χ4n) is 1.52. The fourth-order valence-corrected chi connectivity index (χ4v) is 3.17. The number of thiophene rings is 1. The van der Waals surface area contributed by atoms with Crippen molar-refractivity contribution in [1.82, 2.24) is 4.98 Å². The Morgan fingerprint density at radius 1 is 1.00 bits per heavy atom. The van der Waals surface area contributed by atoms with Crippen LogP contribution < -0.4 is 0 Å². The van der Waals surface area contributed by atoms with Crippen LogP contribution in [0.25, 0.3) is 20.7 Å². The van der Waals surface area contributed by atoms with E-state index in [2.05, 4.69) is 34.6 Å². The van der Waals surface area contributed by atoms with Gasteiger partial charge in [-0.15, -0.1) is 22.7 Å². The zero-order valence-electron chi connectivity index (χ0n) is 7.31. The van der Waals surface area contributed by atoms with Crippen LogP contribution in [0.4, 0.5) is 0 Å². The molecule has 3 heteroatoms. The van der Waals surface area contributed by atoms with E-state index in [0.29, 0.717) is 0 Å². The molecule has 0 fully saturated rings. The molecule has 0 aliphatic heterocycles. The number of hydrogen-bond acceptors (Lipinski definition) is 3. The van der Waals surface area contributed by atoms with Crippen LogP contribution in [0.1, 0.15) is 0 Å². The minimum Gasteiger partial charge on any atom is -0.244 e. The quantitative estimate of drug-likeness (QED) is 0.600. The van der Waals surface area contributed by atoms with E-state index in [-0.39, 0.29) is 0 Å². The van der Waals surface area contributed by atoms with E-state index in [0.717, 1.165) is 5.01 Å². The summed E-state index contributed by atoms with van der Waals surface area (Å²) in [4.78, 5) is 4.34. The van der Waals surface area contributed by atoms with Gasteiger partial charge in [-0.3, -0.25) is 0 Å². The van der Waals surface area contributed by atoms with Crippen molar-refractivity contribution in [2.24, 2.45) is 0 Å². The van der Waals surface area contributed by atoms with Gasteiger partial charge < -0.3 is 0 Å². The number of benzene rings is 1. The van der Waals surface area contributed by atoms with Crippen LogP contribution in [-0.4, -0.2) is 4.98 Å². The van der Waals surface area contributed by atoms with Crippen LogP contribution in [0.2, 0.25) is 0 Å². The average Bonchev–Trinajstić information content (AvgIpc) is 2.88. The number of rotatable bonds is 1. The van der Waals surface area contributed by atoms with Crippen molar-refractivity contribution in [2.75, 3.05) is 0 Å². The zero-order valence-corrected chi connectivity index (χ0v) is 8.94. The second-order valence-electron chi connectivity index (χ2n) is 2.98. The Labute approximate surface area is 89.7 Å². The van der Waals surface area contributed by atoms with Crippen LogP contribution in [0, 0.1) is 0 Å². The summed E-state index contributed by atoms with van der Waals surface area (Å²) in [5.41, 5.74) is 1.26. The Morgan fingerprint density at radius 2 is 2.00 bits per heavy atom. The van der Waals surface area contributed by atoms with Crippen molar-refractivity contribution in [2.45, 2.75) is 0 Å². The summed E-state index contributed by atoms with van der Waals surface area (Å²) in [5.74, 6) is 0. The minimum absolute atomic E-state index is 1.11. The highest BCUT2D eigenvalue weighted by Gasteiger charge is 2.05. The first-order valence-corrected chi connectivity index (χ1v) is 6.07. The summed E-state index contributed by atoms with van der Waals surface area (Å²) >= 11 is 3.47. The smallest absolute Gasteiger partial charge is 0.124 e. The molecule has 0 atom stereocenters. The normalized spacial score (nSPS) is 10.9. The van der Waals surface area contributed by atoms with E-state index in [1.165, 1.54) is 15.6 Å². The number of thiazole rings is 1. The van der Waals surface area contributed by atoms with Crippen molar-refractivity contribution in [1.29, 1.82) is 0 Å². The topological polar surface area (TPSA) is 12.9 Å². The molecule has 0 saturated heterocycles. The maximum absolute atomic E-state index is 4.34. The second kappa shape index (κ2) is 3.19. The first-order valence-electron chi connectivity index (χ1n) is 4.31. The monoisotopic (exact) mass is 217 g/mol. The van der Waals surface area contributed by atoms with Crippen LogP contribution in [-0.2, 0) is 0 Å². The molecule has 2 aromatic heterocycles. The standard InChI is InChI=1S/C11H7NS2/c1-2-8-4-6-13-10(8)9(3-1)11-12-5-7-14-11/h1-7H. The highest BCUT2D eigenvalue weighted by atomic mass is 32.1. The summed E-state index contributed by atoms with van der Waals surface area (Å²) in [6.07, 6.45) is 1.85. The third-order valence-electron chi connectivity index (χ3n) is 2.14. The highest BCUT2D eigenvalue weighted by molar-refractivity contribution is 7.18. The summed E-state index contributed by atoms with van der Waals surface area (Å²) in [7, 11) is 0. The molecular formula is C11H7NS2. The van der Waals surface area contributed by atoms with Gasteiger partial charge in [0.05, 0.1) is 0 Å². The van der Waals surface area contributed by atoms with E-state index in [1.807, 2.05) is 11.6 Å².